The first-order valence-corrected chi connectivity index (χ1v) is 6.67. The largest absolute Gasteiger partial charge is 0.375 e. The van der Waals surface area contributed by atoms with Gasteiger partial charge >= 0.3 is 0 Å². The van der Waals surface area contributed by atoms with Crippen LogP contribution in [-0.2, 0) is 0 Å². The smallest absolute Gasteiger partial charge is 0.248 e. The number of benzene rings is 1. The lowest BCUT2D eigenvalue weighted by molar-refractivity contribution is 0.100. The molecule has 1 aromatic carbocycles. The molecule has 2 N–H and O–H groups in total. The minimum absolute atomic E-state index is 0. The number of nitrogens with zero attached hydrogens (tertiary/aromatic N) is 1. The Morgan fingerprint density at radius 2 is 1.72 bits per heavy atom. The highest BCUT2D eigenvalue weighted by Crippen LogP contribution is 2.14. The predicted octanol–water partition coefficient (Wildman–Crippen LogP) is 3.68. The molecular weight excluding hydrogens is 224 g/mol. The van der Waals surface area contributed by atoms with Crippen LogP contribution < -0.4 is 10.6 Å². The Morgan fingerprint density at radius 3 is 2.11 bits per heavy atom. The fourth-order valence-corrected chi connectivity index (χ4v) is 1.40. The number of carbonyl (C=O) groups is 1. The normalized spacial score (nSPS) is 9.33. The average Bonchev–Trinajstić information content (AvgIpc) is 2.37. The molecule has 0 aromatic heterocycles. The number of amides is 1. The van der Waals surface area contributed by atoms with Gasteiger partial charge < -0.3 is 10.6 Å². The third kappa shape index (κ3) is 6.28. The summed E-state index contributed by atoms with van der Waals surface area (Å²) in [5.41, 5.74) is 6.84. The zero-order valence-electron chi connectivity index (χ0n) is 12.1. The Morgan fingerprint density at radius 1 is 1.22 bits per heavy atom. The number of primary amides is 1. The van der Waals surface area contributed by atoms with Gasteiger partial charge in [-0.3, -0.25) is 4.79 Å². The molecule has 18 heavy (non-hydrogen) atoms. The Kier molecular flexibility index (Phi) is 8.71. The molecule has 0 fully saturated rings. The molecule has 1 amide bonds. The summed E-state index contributed by atoms with van der Waals surface area (Å²) in [6.45, 7) is 7.45. The van der Waals surface area contributed by atoms with Crippen molar-refractivity contribution in [2.75, 3.05) is 18.5 Å². The second-order valence-electron chi connectivity index (χ2n) is 4.39. The molecule has 0 radical (unpaired) electrons. The van der Waals surface area contributed by atoms with Gasteiger partial charge in [0.1, 0.15) is 0 Å². The number of unbranched alkanes of at least 4 members (excludes halogenated alkanes) is 1. The van der Waals surface area contributed by atoms with E-state index in [0.717, 1.165) is 12.2 Å². The lowest BCUT2D eigenvalue weighted by atomic mass is 10.2. The molecule has 0 aliphatic carbocycles. The van der Waals surface area contributed by atoms with E-state index < -0.39 is 0 Å². The fourth-order valence-electron chi connectivity index (χ4n) is 1.40. The zero-order chi connectivity index (χ0) is 14.0. The number of anilines is 1. The standard InChI is InChI=1S/C12H18N2O.C3H8.H2/c1-3-4-9-14(2)11-7-5-10(6-8-11)12(13)15;1-3-2;/h5-8H,3-4,9H2,1-2H3,(H2,13,15);3H2,1-2H3;1H. The van der Waals surface area contributed by atoms with Crippen molar-refractivity contribution in [2.24, 2.45) is 5.73 Å². The quantitative estimate of drug-likeness (QED) is 0.868. The first-order valence-electron chi connectivity index (χ1n) is 6.67. The summed E-state index contributed by atoms with van der Waals surface area (Å²) < 4.78 is 0. The van der Waals surface area contributed by atoms with Crippen LogP contribution in [0, 0.1) is 0 Å². The Labute approximate surface area is 112 Å². The molecular formula is C15H28N2O. The lowest BCUT2D eigenvalue weighted by Crippen LogP contribution is -2.18. The number of nitrogens with two attached hydrogens (primary N) is 1. The third-order valence-corrected chi connectivity index (χ3v) is 2.44. The van der Waals surface area contributed by atoms with Crippen molar-refractivity contribution >= 4 is 11.6 Å². The second-order valence-corrected chi connectivity index (χ2v) is 4.39. The van der Waals surface area contributed by atoms with Crippen molar-refractivity contribution in [3.8, 4) is 0 Å². The molecule has 1 aromatic rings. The van der Waals surface area contributed by atoms with Crippen LogP contribution in [0.3, 0.4) is 0 Å². The van der Waals surface area contributed by atoms with Crippen LogP contribution in [-0.4, -0.2) is 19.5 Å². The third-order valence-electron chi connectivity index (χ3n) is 2.44. The van der Waals surface area contributed by atoms with Crippen LogP contribution in [0.2, 0.25) is 0 Å². The Balaban J connectivity index is 0. The van der Waals surface area contributed by atoms with E-state index >= 15 is 0 Å². The van der Waals surface area contributed by atoms with E-state index in [4.69, 9.17) is 5.73 Å². The molecule has 1 rings (SSSR count). The van der Waals surface area contributed by atoms with Crippen LogP contribution in [0.25, 0.3) is 0 Å². The summed E-state index contributed by atoms with van der Waals surface area (Å²) in [7, 11) is 2.05. The van der Waals surface area contributed by atoms with Gasteiger partial charge in [-0.1, -0.05) is 33.6 Å². The highest BCUT2D eigenvalue weighted by molar-refractivity contribution is 5.93. The van der Waals surface area contributed by atoms with Crippen LogP contribution in [0.1, 0.15) is 51.8 Å². The van der Waals surface area contributed by atoms with Gasteiger partial charge in [0.15, 0.2) is 0 Å². The van der Waals surface area contributed by atoms with E-state index in [1.54, 1.807) is 12.1 Å². The van der Waals surface area contributed by atoms with Gasteiger partial charge in [0, 0.05) is 26.3 Å². The van der Waals surface area contributed by atoms with Gasteiger partial charge in [0.2, 0.25) is 5.91 Å². The summed E-state index contributed by atoms with van der Waals surface area (Å²) in [5.74, 6) is -0.377. The molecule has 0 spiro atoms. The summed E-state index contributed by atoms with van der Waals surface area (Å²) in [6.07, 6.45) is 3.61. The number of hydrogen-bond acceptors (Lipinski definition) is 2. The van der Waals surface area contributed by atoms with Gasteiger partial charge in [0.05, 0.1) is 0 Å². The van der Waals surface area contributed by atoms with Gasteiger partial charge in [-0.15, -0.1) is 0 Å². The monoisotopic (exact) mass is 252 g/mol. The molecule has 0 heterocycles. The molecule has 0 aliphatic rings. The maximum atomic E-state index is 10.9. The highest BCUT2D eigenvalue weighted by Gasteiger charge is 2.02. The molecule has 0 aliphatic heterocycles. The number of rotatable bonds is 5. The van der Waals surface area contributed by atoms with Crippen LogP contribution in [0.15, 0.2) is 24.3 Å². The van der Waals surface area contributed by atoms with E-state index in [0.29, 0.717) is 5.56 Å². The number of hydrogen-bond donors (Lipinski definition) is 1. The van der Waals surface area contributed by atoms with Crippen molar-refractivity contribution in [1.82, 2.24) is 0 Å². The molecule has 0 unspecified atom stereocenters. The fraction of sp³-hybridized carbons (Fsp3) is 0.533. The minimum atomic E-state index is -0.377. The molecule has 0 bridgehead atoms. The first-order chi connectivity index (χ1) is 8.56. The van der Waals surface area contributed by atoms with Crippen LogP contribution in [0.4, 0.5) is 5.69 Å². The van der Waals surface area contributed by atoms with Crippen molar-refractivity contribution in [1.29, 1.82) is 0 Å². The van der Waals surface area contributed by atoms with Gasteiger partial charge in [-0.25, -0.2) is 0 Å². The molecule has 3 nitrogen and oxygen atoms in total. The number of carbonyl (C=O) groups excluding carboxylic acids is 1. The van der Waals surface area contributed by atoms with Crippen molar-refractivity contribution in [3.05, 3.63) is 29.8 Å². The summed E-state index contributed by atoms with van der Waals surface area (Å²) in [6, 6.07) is 7.38. The first kappa shape index (κ1) is 16.5. The summed E-state index contributed by atoms with van der Waals surface area (Å²) in [4.78, 5) is 13.0. The second kappa shape index (κ2) is 9.51. The van der Waals surface area contributed by atoms with Crippen molar-refractivity contribution in [3.63, 3.8) is 0 Å². The lowest BCUT2D eigenvalue weighted by Gasteiger charge is -2.18. The van der Waals surface area contributed by atoms with Crippen molar-refractivity contribution < 1.29 is 6.22 Å². The van der Waals surface area contributed by atoms with E-state index in [1.165, 1.54) is 19.3 Å². The molecule has 0 atom stereocenters. The van der Waals surface area contributed by atoms with E-state index in [9.17, 15) is 4.79 Å². The Hall–Kier alpha value is -1.51. The van der Waals surface area contributed by atoms with E-state index in [2.05, 4.69) is 32.7 Å². The maximum absolute atomic E-state index is 10.9. The predicted molar refractivity (Wildman–Crippen MR) is 81.2 cm³/mol. The minimum Gasteiger partial charge on any atom is -0.375 e. The summed E-state index contributed by atoms with van der Waals surface area (Å²) >= 11 is 0. The van der Waals surface area contributed by atoms with Gasteiger partial charge in [-0.05, 0) is 30.7 Å². The summed E-state index contributed by atoms with van der Waals surface area (Å²) in [5, 5.41) is 0. The highest BCUT2D eigenvalue weighted by atomic mass is 16.1. The Bertz CT molecular complexity index is 339. The molecule has 0 saturated heterocycles. The zero-order valence-corrected chi connectivity index (χ0v) is 12.1. The van der Waals surface area contributed by atoms with Crippen LogP contribution >= 0.6 is 0 Å². The topological polar surface area (TPSA) is 46.3 Å². The average molecular weight is 252 g/mol. The van der Waals surface area contributed by atoms with E-state index in [1.807, 2.05) is 12.1 Å². The van der Waals surface area contributed by atoms with Crippen LogP contribution in [0.5, 0.6) is 0 Å². The maximum Gasteiger partial charge on any atom is 0.248 e. The molecule has 3 heteroatoms. The van der Waals surface area contributed by atoms with Gasteiger partial charge in [0.25, 0.3) is 0 Å². The molecule has 104 valence electrons. The van der Waals surface area contributed by atoms with Gasteiger partial charge in [-0.2, -0.15) is 0 Å². The van der Waals surface area contributed by atoms with Crippen molar-refractivity contribution in [2.45, 2.75) is 40.0 Å². The molecule has 0 saturated carbocycles. The SMILES string of the molecule is CCC.CCCCN(C)c1ccc(C(N)=O)cc1.[HH]. The van der Waals surface area contributed by atoms with E-state index in [-0.39, 0.29) is 7.33 Å².